The van der Waals surface area contributed by atoms with E-state index in [1.54, 1.807) is 48.5 Å². The minimum Gasteiger partial charge on any atom is -0.496 e. The average molecular weight is 568 g/mol. The van der Waals surface area contributed by atoms with E-state index in [2.05, 4.69) is 41.9 Å². The number of halogens is 1. The monoisotopic (exact) mass is 567 g/mol. The van der Waals surface area contributed by atoms with Crippen LogP contribution in [-0.2, 0) is 6.54 Å². The molecule has 4 rings (SSSR count). The lowest BCUT2D eigenvalue weighted by atomic mass is 10.1. The van der Waals surface area contributed by atoms with Crippen molar-refractivity contribution >= 4 is 45.6 Å². The number of nitrogens with one attached hydrogen (secondary N) is 2. The first-order chi connectivity index (χ1) is 17.8. The summed E-state index contributed by atoms with van der Waals surface area (Å²) in [6.45, 7) is 0.164. The summed E-state index contributed by atoms with van der Waals surface area (Å²) in [4.78, 5) is 38.9. The SMILES string of the molecule is COc1ccc(/C=N/NC(=O)c2ccccc2NC(=O)c2ccc(Br)o2)cc1Cn1cnc([N+](=O)[O-])n1. The second-order valence-electron chi connectivity index (χ2n) is 7.37. The molecule has 0 unspecified atom stereocenters. The van der Waals surface area contributed by atoms with Crippen molar-refractivity contribution < 1.29 is 23.7 Å². The normalized spacial score (nSPS) is 10.9. The van der Waals surface area contributed by atoms with Crippen LogP contribution in [0.4, 0.5) is 11.6 Å². The molecular weight excluding hydrogens is 550 g/mol. The van der Waals surface area contributed by atoms with Gasteiger partial charge in [0.2, 0.25) is 6.33 Å². The van der Waals surface area contributed by atoms with Crippen molar-refractivity contribution in [3.8, 4) is 5.75 Å². The van der Waals surface area contributed by atoms with Crippen molar-refractivity contribution in [1.29, 1.82) is 0 Å². The molecule has 2 amide bonds. The molecule has 2 N–H and O–H groups in total. The second-order valence-corrected chi connectivity index (χ2v) is 8.15. The maximum Gasteiger partial charge on any atom is 0.490 e. The Hall–Kier alpha value is -4.85. The van der Waals surface area contributed by atoms with Gasteiger partial charge in [0.15, 0.2) is 10.4 Å². The van der Waals surface area contributed by atoms with Crippen LogP contribution in [0.3, 0.4) is 0 Å². The number of aromatic nitrogens is 3. The fraction of sp³-hybridized carbons (Fsp3) is 0.0870. The summed E-state index contributed by atoms with van der Waals surface area (Å²) in [5.74, 6) is -0.953. The zero-order chi connectivity index (χ0) is 26.4. The van der Waals surface area contributed by atoms with Crippen LogP contribution in [-0.4, -0.2) is 44.8 Å². The molecule has 0 saturated carbocycles. The topological polar surface area (TPSA) is 167 Å². The molecule has 0 aliphatic heterocycles. The summed E-state index contributed by atoms with van der Waals surface area (Å²) in [6.07, 6.45) is 2.67. The van der Waals surface area contributed by atoms with Gasteiger partial charge in [-0.3, -0.25) is 9.59 Å². The Morgan fingerprint density at radius 1 is 1.22 bits per heavy atom. The number of carbonyl (C=O) groups excluding carboxylic acids is 2. The first-order valence-electron chi connectivity index (χ1n) is 10.5. The lowest BCUT2D eigenvalue weighted by Crippen LogP contribution is -2.21. The standard InChI is InChI=1S/C23H18BrN7O6/c1-36-18-7-6-14(10-15(18)12-30-13-25-23(29-30)31(34)35)11-26-28-21(32)16-4-2-3-5-17(16)27-22(33)19-8-9-20(24)37-19/h2-11,13H,12H2,1H3,(H,27,33)(H,28,32)/b26-11+. The first kappa shape index (κ1) is 25.2. The van der Waals surface area contributed by atoms with Gasteiger partial charge in [0.1, 0.15) is 5.75 Å². The van der Waals surface area contributed by atoms with Crippen LogP contribution in [0.25, 0.3) is 0 Å². The average Bonchev–Trinajstić information content (AvgIpc) is 3.54. The summed E-state index contributed by atoms with van der Waals surface area (Å²) in [5, 5.41) is 21.3. The van der Waals surface area contributed by atoms with Crippen LogP contribution in [0, 0.1) is 10.1 Å². The number of rotatable bonds is 9. The number of furan rings is 1. The maximum absolute atomic E-state index is 12.7. The lowest BCUT2D eigenvalue weighted by molar-refractivity contribution is -0.394. The highest BCUT2D eigenvalue weighted by Gasteiger charge is 2.17. The van der Waals surface area contributed by atoms with E-state index in [4.69, 9.17) is 9.15 Å². The molecule has 0 radical (unpaired) electrons. The fourth-order valence-electron chi connectivity index (χ4n) is 3.26. The number of anilines is 1. The van der Waals surface area contributed by atoms with Gasteiger partial charge in [-0.1, -0.05) is 17.1 Å². The van der Waals surface area contributed by atoms with Gasteiger partial charge in [0, 0.05) is 10.7 Å². The highest BCUT2D eigenvalue weighted by Crippen LogP contribution is 2.21. The number of methoxy groups -OCH3 is 1. The number of hydrogen-bond acceptors (Lipinski definition) is 9. The largest absolute Gasteiger partial charge is 0.496 e. The molecule has 188 valence electrons. The molecule has 0 atom stereocenters. The van der Waals surface area contributed by atoms with Crippen LogP contribution in [0.1, 0.15) is 32.0 Å². The van der Waals surface area contributed by atoms with Crippen molar-refractivity contribution in [2.24, 2.45) is 5.10 Å². The molecular formula is C23H18BrN7O6. The smallest absolute Gasteiger partial charge is 0.490 e. The third-order valence-electron chi connectivity index (χ3n) is 4.92. The van der Waals surface area contributed by atoms with E-state index >= 15 is 0 Å². The van der Waals surface area contributed by atoms with E-state index < -0.39 is 22.7 Å². The van der Waals surface area contributed by atoms with Crippen LogP contribution < -0.4 is 15.5 Å². The molecule has 0 fully saturated rings. The molecule has 0 aliphatic rings. The number of ether oxygens (including phenoxy) is 1. The minimum absolute atomic E-state index is 0.0796. The zero-order valence-electron chi connectivity index (χ0n) is 19.1. The van der Waals surface area contributed by atoms with Gasteiger partial charge in [-0.2, -0.15) is 9.78 Å². The molecule has 2 aromatic carbocycles. The second kappa shape index (κ2) is 11.3. The molecule has 0 saturated heterocycles. The number of nitro groups is 1. The zero-order valence-corrected chi connectivity index (χ0v) is 20.7. The van der Waals surface area contributed by atoms with Crippen LogP contribution in [0.15, 0.2) is 75.1 Å². The molecule has 0 aliphatic carbocycles. The third kappa shape index (κ3) is 6.24. The fourth-order valence-corrected chi connectivity index (χ4v) is 3.56. The summed E-state index contributed by atoms with van der Waals surface area (Å²) in [5.41, 5.74) is 4.19. The Bertz CT molecular complexity index is 1500. The summed E-state index contributed by atoms with van der Waals surface area (Å²) in [7, 11) is 1.50. The van der Waals surface area contributed by atoms with Crippen LogP contribution >= 0.6 is 15.9 Å². The van der Waals surface area contributed by atoms with E-state index in [9.17, 15) is 19.7 Å². The molecule has 2 heterocycles. The number of benzene rings is 2. The van der Waals surface area contributed by atoms with Crippen molar-refractivity contribution in [3.05, 3.63) is 98.2 Å². The van der Waals surface area contributed by atoms with Crippen molar-refractivity contribution in [3.63, 3.8) is 0 Å². The van der Waals surface area contributed by atoms with Crippen molar-refractivity contribution in [2.45, 2.75) is 6.54 Å². The Balaban J connectivity index is 1.45. The Morgan fingerprint density at radius 3 is 2.73 bits per heavy atom. The molecule has 13 nitrogen and oxygen atoms in total. The van der Waals surface area contributed by atoms with Gasteiger partial charge in [-0.25, -0.2) is 5.43 Å². The highest BCUT2D eigenvalue weighted by atomic mass is 79.9. The van der Waals surface area contributed by atoms with Crippen molar-refractivity contribution in [2.75, 3.05) is 12.4 Å². The van der Waals surface area contributed by atoms with Gasteiger partial charge in [0.05, 0.1) is 31.1 Å². The van der Waals surface area contributed by atoms with Gasteiger partial charge in [0.25, 0.3) is 11.8 Å². The first-order valence-corrected chi connectivity index (χ1v) is 11.3. The number of hydrazone groups is 1. The molecule has 2 aromatic heterocycles. The van der Waals surface area contributed by atoms with E-state index in [1.165, 1.54) is 30.4 Å². The Labute approximate surface area is 217 Å². The molecule has 0 bridgehead atoms. The van der Waals surface area contributed by atoms with Gasteiger partial charge in [-0.15, -0.1) is 0 Å². The Morgan fingerprint density at radius 2 is 2.03 bits per heavy atom. The third-order valence-corrected chi connectivity index (χ3v) is 5.35. The number of carbonyl (C=O) groups is 2. The predicted molar refractivity (Wildman–Crippen MR) is 135 cm³/mol. The minimum atomic E-state index is -0.681. The lowest BCUT2D eigenvalue weighted by Gasteiger charge is -2.09. The number of nitrogens with zero attached hydrogens (tertiary/aromatic N) is 5. The Kier molecular flexibility index (Phi) is 7.68. The molecule has 0 spiro atoms. The molecule has 37 heavy (non-hydrogen) atoms. The summed E-state index contributed by atoms with van der Waals surface area (Å²) >= 11 is 3.14. The summed E-state index contributed by atoms with van der Waals surface area (Å²) < 4.78 is 12.3. The maximum atomic E-state index is 12.7. The van der Waals surface area contributed by atoms with Crippen LogP contribution in [0.5, 0.6) is 5.75 Å². The number of hydrogen-bond donors (Lipinski definition) is 2. The van der Waals surface area contributed by atoms with Gasteiger partial charge in [-0.05, 0) is 68.9 Å². The van der Waals surface area contributed by atoms with Crippen molar-refractivity contribution in [1.82, 2.24) is 20.2 Å². The van der Waals surface area contributed by atoms with Crippen LogP contribution in [0.2, 0.25) is 0 Å². The quantitative estimate of drug-likeness (QED) is 0.175. The van der Waals surface area contributed by atoms with E-state index in [0.29, 0.717) is 21.5 Å². The number of para-hydroxylation sites is 1. The van der Waals surface area contributed by atoms with E-state index in [0.717, 1.165) is 0 Å². The highest BCUT2D eigenvalue weighted by molar-refractivity contribution is 9.10. The van der Waals surface area contributed by atoms with E-state index in [-0.39, 0.29) is 23.6 Å². The van der Waals surface area contributed by atoms with E-state index in [1.807, 2.05) is 0 Å². The van der Waals surface area contributed by atoms with Gasteiger partial charge < -0.3 is 24.6 Å². The predicted octanol–water partition coefficient (Wildman–Crippen LogP) is 3.61. The molecule has 14 heteroatoms. The molecule has 4 aromatic rings. The number of amides is 2. The summed E-state index contributed by atoms with van der Waals surface area (Å²) in [6, 6.07) is 14.7. The van der Waals surface area contributed by atoms with Gasteiger partial charge >= 0.3 is 5.95 Å².